The van der Waals surface area contributed by atoms with E-state index in [-0.39, 0.29) is 0 Å². The third kappa shape index (κ3) is 5.61. The van der Waals surface area contributed by atoms with Gasteiger partial charge in [-0.2, -0.15) is 0 Å². The largest absolute Gasteiger partial charge is 0.309 e. The van der Waals surface area contributed by atoms with Gasteiger partial charge >= 0.3 is 0 Å². The summed E-state index contributed by atoms with van der Waals surface area (Å²) in [6, 6.07) is 0.360. The van der Waals surface area contributed by atoms with Gasteiger partial charge in [0.05, 0.1) is 17.9 Å². The van der Waals surface area contributed by atoms with Gasteiger partial charge in [0.25, 0.3) is 0 Å². The smallest absolute Gasteiger partial charge is 0.0756 e. The Balaban J connectivity index is 2.75. The molecule has 20 heavy (non-hydrogen) atoms. The minimum absolute atomic E-state index is 0.360. The van der Waals surface area contributed by atoms with Crippen LogP contribution in [0, 0.1) is 11.3 Å². The monoisotopic (exact) mass is 280 g/mol. The molecule has 2 atom stereocenters. The maximum atomic E-state index is 4.22. The van der Waals surface area contributed by atoms with Gasteiger partial charge in [0.15, 0.2) is 0 Å². The third-order valence-corrected chi connectivity index (χ3v) is 3.49. The molecule has 0 aromatic carbocycles. The molecule has 1 aromatic rings. The Hall–Kier alpha value is -0.900. The molecule has 1 aromatic heterocycles. The van der Waals surface area contributed by atoms with Crippen LogP contribution in [0.1, 0.15) is 72.5 Å². The molecule has 0 spiro atoms. The highest BCUT2D eigenvalue weighted by atomic mass is 15.4. The van der Waals surface area contributed by atoms with Crippen LogP contribution < -0.4 is 5.32 Å². The second-order valence-electron chi connectivity index (χ2n) is 7.10. The molecule has 0 aliphatic carbocycles. The van der Waals surface area contributed by atoms with Crippen LogP contribution in [-0.2, 0) is 6.54 Å². The second-order valence-corrected chi connectivity index (χ2v) is 7.10. The topological polar surface area (TPSA) is 42.7 Å². The average molecular weight is 280 g/mol. The molecule has 1 N–H and O–H groups in total. The number of nitrogens with one attached hydrogen (secondary N) is 1. The first kappa shape index (κ1) is 17.2. The lowest BCUT2D eigenvalue weighted by Crippen LogP contribution is -2.26. The van der Waals surface area contributed by atoms with Crippen molar-refractivity contribution in [2.24, 2.45) is 11.3 Å². The van der Waals surface area contributed by atoms with Crippen LogP contribution in [0.4, 0.5) is 0 Å². The number of aromatic nitrogens is 3. The quantitative estimate of drug-likeness (QED) is 0.787. The van der Waals surface area contributed by atoms with Crippen LogP contribution in [0.15, 0.2) is 6.20 Å². The van der Waals surface area contributed by atoms with Crippen LogP contribution in [0.5, 0.6) is 0 Å². The lowest BCUT2D eigenvalue weighted by molar-refractivity contribution is 0.272. The van der Waals surface area contributed by atoms with E-state index in [0.29, 0.717) is 17.4 Å². The fourth-order valence-electron chi connectivity index (χ4n) is 3.01. The lowest BCUT2D eigenvalue weighted by atomic mass is 9.82. The molecular formula is C16H32N4. The van der Waals surface area contributed by atoms with E-state index in [1.165, 1.54) is 12.1 Å². The van der Waals surface area contributed by atoms with Crippen LogP contribution in [0.25, 0.3) is 0 Å². The molecule has 116 valence electrons. The highest BCUT2D eigenvalue weighted by Gasteiger charge is 2.22. The zero-order chi connectivity index (χ0) is 15.2. The first-order valence-corrected chi connectivity index (χ1v) is 7.99. The summed E-state index contributed by atoms with van der Waals surface area (Å²) in [4.78, 5) is 0. The molecule has 2 unspecified atom stereocenters. The molecule has 0 bridgehead atoms. The van der Waals surface area contributed by atoms with Gasteiger partial charge in [-0.1, -0.05) is 46.8 Å². The van der Waals surface area contributed by atoms with E-state index in [0.717, 1.165) is 25.9 Å². The Morgan fingerprint density at radius 2 is 2.00 bits per heavy atom. The molecule has 1 heterocycles. The number of rotatable bonds is 8. The molecule has 0 fully saturated rings. The summed E-state index contributed by atoms with van der Waals surface area (Å²) in [5, 5.41) is 11.9. The highest BCUT2D eigenvalue weighted by molar-refractivity contribution is 5.02. The van der Waals surface area contributed by atoms with Gasteiger partial charge in [0.2, 0.25) is 0 Å². The van der Waals surface area contributed by atoms with Crippen molar-refractivity contribution >= 4 is 0 Å². The van der Waals surface area contributed by atoms with Crippen molar-refractivity contribution in [2.45, 2.75) is 73.4 Å². The van der Waals surface area contributed by atoms with E-state index in [4.69, 9.17) is 0 Å². The first-order valence-electron chi connectivity index (χ1n) is 7.99. The van der Waals surface area contributed by atoms with E-state index >= 15 is 0 Å². The Morgan fingerprint density at radius 1 is 1.30 bits per heavy atom. The Bertz CT molecular complexity index is 378. The van der Waals surface area contributed by atoms with Gasteiger partial charge in [-0.05, 0) is 37.1 Å². The van der Waals surface area contributed by atoms with Gasteiger partial charge in [-0.3, -0.25) is 0 Å². The number of hydrogen-bond donors (Lipinski definition) is 1. The van der Waals surface area contributed by atoms with Crippen molar-refractivity contribution in [3.05, 3.63) is 11.9 Å². The summed E-state index contributed by atoms with van der Waals surface area (Å²) in [7, 11) is 0. The van der Waals surface area contributed by atoms with Gasteiger partial charge < -0.3 is 5.32 Å². The van der Waals surface area contributed by atoms with Crippen molar-refractivity contribution in [2.75, 3.05) is 6.54 Å². The zero-order valence-electron chi connectivity index (χ0n) is 14.1. The summed E-state index contributed by atoms with van der Waals surface area (Å²) in [6.45, 7) is 15.6. The molecule has 4 nitrogen and oxygen atoms in total. The molecule has 0 saturated heterocycles. The van der Waals surface area contributed by atoms with E-state index in [2.05, 4.69) is 61.9 Å². The maximum absolute atomic E-state index is 4.22. The van der Waals surface area contributed by atoms with Crippen molar-refractivity contribution < 1.29 is 0 Å². The van der Waals surface area contributed by atoms with Gasteiger partial charge in [0.1, 0.15) is 0 Å². The Labute approximate surface area is 124 Å². The molecular weight excluding hydrogens is 248 g/mol. The molecule has 1 rings (SSSR count). The third-order valence-electron chi connectivity index (χ3n) is 3.49. The number of nitrogens with zero attached hydrogens (tertiary/aromatic N) is 3. The van der Waals surface area contributed by atoms with E-state index in [9.17, 15) is 0 Å². The number of hydrogen-bond acceptors (Lipinski definition) is 3. The van der Waals surface area contributed by atoms with E-state index in [1.807, 2.05) is 6.20 Å². The summed E-state index contributed by atoms with van der Waals surface area (Å²) in [6.07, 6.45) is 5.39. The van der Waals surface area contributed by atoms with Crippen LogP contribution in [-0.4, -0.2) is 21.5 Å². The maximum Gasteiger partial charge on any atom is 0.0756 e. The van der Waals surface area contributed by atoms with Crippen molar-refractivity contribution in [1.29, 1.82) is 0 Å². The van der Waals surface area contributed by atoms with E-state index < -0.39 is 0 Å². The van der Waals surface area contributed by atoms with Crippen molar-refractivity contribution in [3.63, 3.8) is 0 Å². The summed E-state index contributed by atoms with van der Waals surface area (Å²) in [5.74, 6) is 0.684. The minimum atomic E-state index is 0.360. The Kier molecular flexibility index (Phi) is 6.66. The predicted molar refractivity (Wildman–Crippen MR) is 84.6 cm³/mol. The second kappa shape index (κ2) is 7.77. The molecule has 0 saturated carbocycles. The highest BCUT2D eigenvalue weighted by Crippen LogP contribution is 2.30. The molecule has 0 radical (unpaired) electrons. The van der Waals surface area contributed by atoms with Crippen molar-refractivity contribution in [1.82, 2.24) is 20.3 Å². The zero-order valence-corrected chi connectivity index (χ0v) is 14.1. The summed E-state index contributed by atoms with van der Waals surface area (Å²) >= 11 is 0. The number of aryl methyl sites for hydroxylation is 1. The molecule has 0 amide bonds. The van der Waals surface area contributed by atoms with E-state index in [1.54, 1.807) is 0 Å². The van der Waals surface area contributed by atoms with Gasteiger partial charge in [-0.25, -0.2) is 4.68 Å². The molecule has 4 heteroatoms. The normalized spacial score (nSPS) is 15.3. The van der Waals surface area contributed by atoms with Crippen LogP contribution in [0.3, 0.4) is 0 Å². The van der Waals surface area contributed by atoms with Crippen LogP contribution >= 0.6 is 0 Å². The van der Waals surface area contributed by atoms with Gasteiger partial charge in [0, 0.05) is 6.54 Å². The fraction of sp³-hybridized carbons (Fsp3) is 0.875. The van der Waals surface area contributed by atoms with Crippen molar-refractivity contribution in [3.8, 4) is 0 Å². The van der Waals surface area contributed by atoms with Crippen LogP contribution in [0.2, 0.25) is 0 Å². The average Bonchev–Trinajstić information content (AvgIpc) is 2.74. The SMILES string of the molecule is CCCn1nncc1C(CC(C)CC(C)(C)C)NCC. The summed E-state index contributed by atoms with van der Waals surface area (Å²) in [5.41, 5.74) is 1.62. The fourth-order valence-corrected chi connectivity index (χ4v) is 3.01. The Morgan fingerprint density at radius 3 is 2.55 bits per heavy atom. The lowest BCUT2D eigenvalue weighted by Gasteiger charge is -2.27. The molecule has 0 aliphatic heterocycles. The predicted octanol–water partition coefficient (Wildman–Crippen LogP) is 3.80. The summed E-state index contributed by atoms with van der Waals surface area (Å²) < 4.78 is 2.05. The first-order chi connectivity index (χ1) is 9.37. The standard InChI is InChI=1S/C16H32N4/c1-7-9-20-15(12-18-19-20)14(17-8-2)10-13(3)11-16(4,5)6/h12-14,17H,7-11H2,1-6H3. The minimum Gasteiger partial charge on any atom is -0.309 e. The van der Waals surface area contributed by atoms with Gasteiger partial charge in [-0.15, -0.1) is 5.10 Å². The molecule has 0 aliphatic rings.